The molecule has 0 unspecified atom stereocenters. The highest BCUT2D eigenvalue weighted by atomic mass is 79.9. The molecule has 1 aromatic carbocycles. The number of aromatic nitrogens is 1. The van der Waals surface area contributed by atoms with E-state index in [4.69, 9.17) is 0 Å². The molecule has 0 saturated carbocycles. The van der Waals surface area contributed by atoms with E-state index in [0.29, 0.717) is 5.39 Å². The smallest absolute Gasteiger partial charge is 0.240 e. The molecule has 1 atom stereocenters. The standard InChI is InChI=1S/C16H19BrN2O2/c1-3-4-11(2)18-16(21)10-19-8-7-15(20)13-9-12(17)5-6-14(13)19/h5-9,11H,3-4,10H2,1-2H3,(H,18,21)/t11-/m0/s1. The van der Waals surface area contributed by atoms with Crippen LogP contribution >= 0.6 is 15.9 Å². The second-order valence-corrected chi connectivity index (χ2v) is 6.14. The molecule has 0 radical (unpaired) electrons. The number of amides is 1. The zero-order valence-electron chi connectivity index (χ0n) is 12.2. The van der Waals surface area contributed by atoms with E-state index in [-0.39, 0.29) is 23.9 Å². The lowest BCUT2D eigenvalue weighted by Crippen LogP contribution is -2.35. The number of fused-ring (bicyclic) bond motifs is 1. The highest BCUT2D eigenvalue weighted by Crippen LogP contribution is 2.17. The first-order valence-electron chi connectivity index (χ1n) is 7.09. The van der Waals surface area contributed by atoms with E-state index >= 15 is 0 Å². The minimum atomic E-state index is -0.0395. The van der Waals surface area contributed by atoms with Crippen molar-refractivity contribution in [3.63, 3.8) is 0 Å². The molecule has 1 aromatic heterocycles. The van der Waals surface area contributed by atoms with Gasteiger partial charge in [0.25, 0.3) is 0 Å². The Bertz CT molecular complexity index is 709. The van der Waals surface area contributed by atoms with Crippen molar-refractivity contribution in [1.82, 2.24) is 9.88 Å². The van der Waals surface area contributed by atoms with Crippen molar-refractivity contribution < 1.29 is 4.79 Å². The van der Waals surface area contributed by atoms with E-state index in [9.17, 15) is 9.59 Å². The highest BCUT2D eigenvalue weighted by Gasteiger charge is 2.09. The average Bonchev–Trinajstić information content (AvgIpc) is 2.42. The van der Waals surface area contributed by atoms with Gasteiger partial charge in [0.1, 0.15) is 6.54 Å². The van der Waals surface area contributed by atoms with Crippen LogP contribution < -0.4 is 10.7 Å². The number of benzene rings is 1. The number of pyridine rings is 1. The molecule has 0 aliphatic carbocycles. The Kier molecular flexibility index (Phi) is 5.17. The van der Waals surface area contributed by atoms with Crippen LogP contribution in [0.5, 0.6) is 0 Å². The summed E-state index contributed by atoms with van der Waals surface area (Å²) in [5.74, 6) is -0.0381. The highest BCUT2D eigenvalue weighted by molar-refractivity contribution is 9.10. The van der Waals surface area contributed by atoms with Crippen LogP contribution in [0.25, 0.3) is 10.9 Å². The van der Waals surface area contributed by atoms with Crippen molar-refractivity contribution in [3.05, 3.63) is 45.2 Å². The number of nitrogens with one attached hydrogen (secondary N) is 1. The summed E-state index contributed by atoms with van der Waals surface area (Å²) in [5, 5.41) is 3.59. The maximum atomic E-state index is 12.1. The van der Waals surface area contributed by atoms with Crippen molar-refractivity contribution >= 4 is 32.7 Å². The summed E-state index contributed by atoms with van der Waals surface area (Å²) in [5.41, 5.74) is 0.728. The molecule has 1 N–H and O–H groups in total. The van der Waals surface area contributed by atoms with Crippen LogP contribution in [0.1, 0.15) is 26.7 Å². The van der Waals surface area contributed by atoms with E-state index in [1.807, 2.05) is 19.1 Å². The second-order valence-electron chi connectivity index (χ2n) is 5.23. The van der Waals surface area contributed by atoms with Gasteiger partial charge in [-0.05, 0) is 31.5 Å². The van der Waals surface area contributed by atoms with Gasteiger partial charge in [-0.2, -0.15) is 0 Å². The van der Waals surface area contributed by atoms with Gasteiger partial charge in [0.15, 0.2) is 5.43 Å². The summed E-state index contributed by atoms with van der Waals surface area (Å²) in [7, 11) is 0. The molecule has 0 aliphatic rings. The lowest BCUT2D eigenvalue weighted by atomic mass is 10.2. The van der Waals surface area contributed by atoms with Crippen molar-refractivity contribution in [1.29, 1.82) is 0 Å². The van der Waals surface area contributed by atoms with Gasteiger partial charge < -0.3 is 9.88 Å². The van der Waals surface area contributed by atoms with Gasteiger partial charge in [-0.1, -0.05) is 29.3 Å². The van der Waals surface area contributed by atoms with Gasteiger partial charge in [0.2, 0.25) is 5.91 Å². The van der Waals surface area contributed by atoms with Gasteiger partial charge in [-0.15, -0.1) is 0 Å². The molecule has 4 nitrogen and oxygen atoms in total. The molecule has 0 bridgehead atoms. The van der Waals surface area contributed by atoms with E-state index in [1.54, 1.807) is 16.8 Å². The van der Waals surface area contributed by atoms with Gasteiger partial charge in [-0.25, -0.2) is 0 Å². The number of carbonyl (C=O) groups excluding carboxylic acids is 1. The van der Waals surface area contributed by atoms with Gasteiger partial charge in [-0.3, -0.25) is 9.59 Å². The first-order chi connectivity index (χ1) is 10.0. The van der Waals surface area contributed by atoms with Crippen molar-refractivity contribution in [2.75, 3.05) is 0 Å². The topological polar surface area (TPSA) is 51.1 Å². The van der Waals surface area contributed by atoms with Crippen LogP contribution in [-0.2, 0) is 11.3 Å². The summed E-state index contributed by atoms with van der Waals surface area (Å²) in [6.45, 7) is 4.31. The summed E-state index contributed by atoms with van der Waals surface area (Å²) in [6, 6.07) is 7.17. The lowest BCUT2D eigenvalue weighted by Gasteiger charge is -2.15. The van der Waals surface area contributed by atoms with Gasteiger partial charge in [0.05, 0.1) is 5.52 Å². The molecule has 1 amide bonds. The number of hydrogen-bond acceptors (Lipinski definition) is 2. The summed E-state index contributed by atoms with van der Waals surface area (Å²) in [6.07, 6.45) is 3.67. The normalized spacial score (nSPS) is 12.3. The average molecular weight is 351 g/mol. The maximum Gasteiger partial charge on any atom is 0.240 e. The van der Waals surface area contributed by atoms with Crippen molar-refractivity contribution in [2.45, 2.75) is 39.3 Å². The number of nitrogens with zero attached hydrogens (tertiary/aromatic N) is 1. The molecule has 5 heteroatoms. The van der Waals surface area contributed by atoms with Crippen LogP contribution in [0.4, 0.5) is 0 Å². The molecule has 1 heterocycles. The first-order valence-corrected chi connectivity index (χ1v) is 7.88. The molecule has 2 aromatic rings. The Hall–Kier alpha value is -1.62. The van der Waals surface area contributed by atoms with Crippen molar-refractivity contribution in [3.8, 4) is 0 Å². The summed E-state index contributed by atoms with van der Waals surface area (Å²) in [4.78, 5) is 24.0. The third kappa shape index (κ3) is 3.94. The zero-order valence-corrected chi connectivity index (χ0v) is 13.8. The Balaban J connectivity index is 2.25. The molecule has 21 heavy (non-hydrogen) atoms. The first kappa shape index (κ1) is 15.8. The Morgan fingerprint density at radius 1 is 1.38 bits per heavy atom. The fraction of sp³-hybridized carbons (Fsp3) is 0.375. The minimum absolute atomic E-state index is 0.0381. The maximum absolute atomic E-state index is 12.1. The van der Waals surface area contributed by atoms with E-state index in [2.05, 4.69) is 28.2 Å². The molecule has 112 valence electrons. The molecule has 0 saturated heterocycles. The third-order valence-corrected chi connectivity index (χ3v) is 3.88. The Morgan fingerprint density at radius 2 is 2.14 bits per heavy atom. The van der Waals surface area contributed by atoms with E-state index in [1.165, 1.54) is 6.07 Å². The second kappa shape index (κ2) is 6.89. The van der Waals surface area contributed by atoms with Crippen LogP contribution in [-0.4, -0.2) is 16.5 Å². The molecule has 2 rings (SSSR count). The monoisotopic (exact) mass is 350 g/mol. The Morgan fingerprint density at radius 3 is 2.86 bits per heavy atom. The predicted octanol–water partition coefficient (Wildman–Crippen LogP) is 3.07. The van der Waals surface area contributed by atoms with E-state index in [0.717, 1.165) is 22.8 Å². The van der Waals surface area contributed by atoms with Crippen molar-refractivity contribution in [2.24, 2.45) is 0 Å². The minimum Gasteiger partial charge on any atom is -0.352 e. The van der Waals surface area contributed by atoms with Crippen LogP contribution in [0.15, 0.2) is 39.7 Å². The molecule has 0 aliphatic heterocycles. The molecular weight excluding hydrogens is 332 g/mol. The fourth-order valence-corrected chi connectivity index (χ4v) is 2.76. The Labute approximate surface area is 132 Å². The molecular formula is C16H19BrN2O2. The largest absolute Gasteiger partial charge is 0.352 e. The lowest BCUT2D eigenvalue weighted by molar-refractivity contribution is -0.122. The number of carbonyl (C=O) groups is 1. The van der Waals surface area contributed by atoms with Crippen LogP contribution in [0.3, 0.4) is 0 Å². The summed E-state index contributed by atoms with van der Waals surface area (Å²) >= 11 is 3.36. The third-order valence-electron chi connectivity index (χ3n) is 3.38. The van der Waals surface area contributed by atoms with Gasteiger partial charge in [0, 0.05) is 28.2 Å². The number of hydrogen-bond donors (Lipinski definition) is 1. The number of halogens is 1. The van der Waals surface area contributed by atoms with E-state index < -0.39 is 0 Å². The van der Waals surface area contributed by atoms with Gasteiger partial charge >= 0.3 is 0 Å². The van der Waals surface area contributed by atoms with Crippen LogP contribution in [0.2, 0.25) is 0 Å². The predicted molar refractivity (Wildman–Crippen MR) is 88.4 cm³/mol. The molecule has 0 fully saturated rings. The SMILES string of the molecule is CCC[C@H](C)NC(=O)Cn1ccc(=O)c2cc(Br)ccc21. The fourth-order valence-electron chi connectivity index (χ4n) is 2.40. The number of rotatable bonds is 5. The van der Waals surface area contributed by atoms with Crippen LogP contribution in [0, 0.1) is 0 Å². The zero-order chi connectivity index (χ0) is 15.4. The molecule has 0 spiro atoms. The quantitative estimate of drug-likeness (QED) is 0.900. The summed E-state index contributed by atoms with van der Waals surface area (Å²) < 4.78 is 2.66.